The monoisotopic (exact) mass is 383 g/mol. The third-order valence-electron chi connectivity index (χ3n) is 4.47. The Morgan fingerprint density at radius 2 is 1.38 bits per heavy atom. The Hall–Kier alpha value is -3.91. The number of nitriles is 1. The molecular formula is C24H21N3O2. The van der Waals surface area contributed by atoms with Gasteiger partial charge in [0, 0.05) is 22.5 Å². The van der Waals surface area contributed by atoms with E-state index in [-0.39, 0.29) is 11.8 Å². The molecule has 5 nitrogen and oxygen atoms in total. The summed E-state index contributed by atoms with van der Waals surface area (Å²) in [6.45, 7) is 4.22. The predicted molar refractivity (Wildman–Crippen MR) is 114 cm³/mol. The van der Waals surface area contributed by atoms with E-state index in [9.17, 15) is 9.59 Å². The van der Waals surface area contributed by atoms with Gasteiger partial charge >= 0.3 is 0 Å². The molecule has 0 spiro atoms. The van der Waals surface area contributed by atoms with Gasteiger partial charge in [0.25, 0.3) is 11.8 Å². The molecule has 0 aliphatic rings. The summed E-state index contributed by atoms with van der Waals surface area (Å²) in [5.41, 5.74) is 3.62. The van der Waals surface area contributed by atoms with Gasteiger partial charge in [-0.05, 0) is 60.0 Å². The number of carbonyl (C=O) groups is 2. The molecule has 0 heterocycles. The van der Waals surface area contributed by atoms with Crippen LogP contribution >= 0.6 is 0 Å². The van der Waals surface area contributed by atoms with Crippen LogP contribution in [-0.2, 0) is 0 Å². The minimum absolute atomic E-state index is 0.288. The van der Waals surface area contributed by atoms with Gasteiger partial charge in [0.05, 0.1) is 11.6 Å². The quantitative estimate of drug-likeness (QED) is 0.636. The van der Waals surface area contributed by atoms with Gasteiger partial charge in [-0.25, -0.2) is 0 Å². The maximum Gasteiger partial charge on any atom is 0.255 e. The van der Waals surface area contributed by atoms with Gasteiger partial charge in [0.2, 0.25) is 0 Å². The molecule has 0 saturated heterocycles. The Bertz CT molecular complexity index is 1080. The maximum absolute atomic E-state index is 12.6. The average molecular weight is 383 g/mol. The highest BCUT2D eigenvalue weighted by molar-refractivity contribution is 6.08. The molecule has 3 rings (SSSR count). The van der Waals surface area contributed by atoms with E-state index in [4.69, 9.17) is 5.26 Å². The second kappa shape index (κ2) is 8.85. The summed E-state index contributed by atoms with van der Waals surface area (Å²) < 4.78 is 0. The molecule has 0 aliphatic heterocycles. The first-order valence-electron chi connectivity index (χ1n) is 9.29. The van der Waals surface area contributed by atoms with Gasteiger partial charge < -0.3 is 10.6 Å². The third kappa shape index (κ3) is 5.08. The van der Waals surface area contributed by atoms with Crippen molar-refractivity contribution >= 4 is 23.2 Å². The summed E-state index contributed by atoms with van der Waals surface area (Å²) in [7, 11) is 0. The van der Waals surface area contributed by atoms with Gasteiger partial charge in [0.1, 0.15) is 0 Å². The van der Waals surface area contributed by atoms with Gasteiger partial charge in [-0.1, -0.05) is 38.1 Å². The van der Waals surface area contributed by atoms with E-state index in [0.717, 1.165) is 0 Å². The molecule has 0 aromatic heterocycles. The van der Waals surface area contributed by atoms with E-state index in [2.05, 4.69) is 24.5 Å². The number of anilines is 2. The molecular weight excluding hydrogens is 362 g/mol. The van der Waals surface area contributed by atoms with E-state index in [1.54, 1.807) is 48.5 Å². The van der Waals surface area contributed by atoms with Crippen LogP contribution in [0.3, 0.4) is 0 Å². The number of hydrogen-bond acceptors (Lipinski definition) is 3. The molecule has 29 heavy (non-hydrogen) atoms. The van der Waals surface area contributed by atoms with E-state index in [1.165, 1.54) is 5.56 Å². The average Bonchev–Trinajstić information content (AvgIpc) is 2.74. The summed E-state index contributed by atoms with van der Waals surface area (Å²) in [6.07, 6.45) is 0. The van der Waals surface area contributed by atoms with Crippen molar-refractivity contribution in [1.29, 1.82) is 5.26 Å². The summed E-state index contributed by atoms with van der Waals surface area (Å²) in [4.78, 5) is 25.1. The van der Waals surface area contributed by atoms with Crippen LogP contribution in [-0.4, -0.2) is 11.8 Å². The number of nitrogens with one attached hydrogen (secondary N) is 2. The van der Waals surface area contributed by atoms with E-state index in [1.807, 2.05) is 30.3 Å². The minimum Gasteiger partial charge on any atom is -0.322 e. The molecule has 0 saturated carbocycles. The van der Waals surface area contributed by atoms with Gasteiger partial charge in [-0.15, -0.1) is 0 Å². The van der Waals surface area contributed by atoms with Crippen LogP contribution in [0.25, 0.3) is 0 Å². The smallest absolute Gasteiger partial charge is 0.255 e. The van der Waals surface area contributed by atoms with Crippen molar-refractivity contribution in [1.82, 2.24) is 0 Å². The van der Waals surface area contributed by atoms with Crippen LogP contribution in [0.5, 0.6) is 0 Å². The van der Waals surface area contributed by atoms with E-state index in [0.29, 0.717) is 34.0 Å². The van der Waals surface area contributed by atoms with Gasteiger partial charge in [-0.2, -0.15) is 5.26 Å². The second-order valence-corrected chi connectivity index (χ2v) is 6.96. The molecule has 0 radical (unpaired) electrons. The number of rotatable bonds is 5. The fraction of sp³-hybridized carbons (Fsp3) is 0.125. The highest BCUT2D eigenvalue weighted by Gasteiger charge is 2.12. The molecule has 0 bridgehead atoms. The van der Waals surface area contributed by atoms with Crippen molar-refractivity contribution in [2.45, 2.75) is 19.8 Å². The minimum atomic E-state index is -0.351. The van der Waals surface area contributed by atoms with Crippen LogP contribution < -0.4 is 10.6 Å². The molecule has 3 aromatic rings. The lowest BCUT2D eigenvalue weighted by molar-refractivity contribution is 0.102. The summed E-state index contributed by atoms with van der Waals surface area (Å²) in [6, 6.07) is 22.9. The molecule has 0 fully saturated rings. The molecule has 0 unspecified atom stereocenters. The number of nitrogens with zero attached hydrogens (tertiary/aromatic N) is 1. The first kappa shape index (κ1) is 19.8. The SMILES string of the molecule is CC(C)c1ccc(NC(=O)c2cccc(C(=O)Nc3cccc(C#N)c3)c2)cc1. The van der Waals surface area contributed by atoms with Crippen molar-refractivity contribution in [3.05, 3.63) is 95.1 Å². The Morgan fingerprint density at radius 3 is 1.97 bits per heavy atom. The fourth-order valence-electron chi connectivity index (χ4n) is 2.83. The third-order valence-corrected chi connectivity index (χ3v) is 4.47. The van der Waals surface area contributed by atoms with Gasteiger partial charge in [0.15, 0.2) is 0 Å². The topological polar surface area (TPSA) is 82.0 Å². The summed E-state index contributed by atoms with van der Waals surface area (Å²) >= 11 is 0. The molecule has 0 aliphatic carbocycles. The van der Waals surface area contributed by atoms with Crippen LogP contribution in [0.15, 0.2) is 72.8 Å². The van der Waals surface area contributed by atoms with E-state index >= 15 is 0 Å². The molecule has 3 aromatic carbocycles. The lowest BCUT2D eigenvalue weighted by Gasteiger charge is -2.10. The predicted octanol–water partition coefficient (Wildman–Crippen LogP) is 5.19. The van der Waals surface area contributed by atoms with Crippen molar-refractivity contribution < 1.29 is 9.59 Å². The number of carbonyl (C=O) groups excluding carboxylic acids is 2. The van der Waals surface area contributed by atoms with Crippen LogP contribution in [0.4, 0.5) is 11.4 Å². The molecule has 2 amide bonds. The Morgan fingerprint density at radius 1 is 0.793 bits per heavy atom. The standard InChI is InChI=1S/C24H21N3O2/c1-16(2)18-9-11-21(12-10-18)26-23(28)19-6-4-7-20(14-19)24(29)27-22-8-3-5-17(13-22)15-25/h3-14,16H,1-2H3,(H,26,28)(H,27,29). The number of hydrogen-bond donors (Lipinski definition) is 2. The fourth-order valence-corrected chi connectivity index (χ4v) is 2.83. The Labute approximate surface area is 170 Å². The normalized spacial score (nSPS) is 10.3. The van der Waals surface area contributed by atoms with Crippen molar-refractivity contribution in [3.63, 3.8) is 0 Å². The Balaban J connectivity index is 1.71. The van der Waals surface area contributed by atoms with Crippen molar-refractivity contribution in [3.8, 4) is 6.07 Å². The van der Waals surface area contributed by atoms with Gasteiger partial charge in [-0.3, -0.25) is 9.59 Å². The lowest BCUT2D eigenvalue weighted by atomic mass is 10.0. The molecule has 144 valence electrons. The first-order valence-corrected chi connectivity index (χ1v) is 9.29. The maximum atomic E-state index is 12.6. The second-order valence-electron chi connectivity index (χ2n) is 6.96. The zero-order valence-electron chi connectivity index (χ0n) is 16.3. The summed E-state index contributed by atoms with van der Waals surface area (Å²) in [5.74, 6) is -0.219. The first-order chi connectivity index (χ1) is 14.0. The number of amides is 2. The van der Waals surface area contributed by atoms with E-state index < -0.39 is 0 Å². The summed E-state index contributed by atoms with van der Waals surface area (Å²) in [5, 5.41) is 14.6. The van der Waals surface area contributed by atoms with Crippen molar-refractivity contribution in [2.75, 3.05) is 10.6 Å². The zero-order valence-corrected chi connectivity index (χ0v) is 16.3. The molecule has 0 atom stereocenters. The van der Waals surface area contributed by atoms with Crippen LogP contribution in [0.2, 0.25) is 0 Å². The lowest BCUT2D eigenvalue weighted by Crippen LogP contribution is -2.15. The zero-order chi connectivity index (χ0) is 20.8. The molecule has 2 N–H and O–H groups in total. The number of benzene rings is 3. The Kier molecular flexibility index (Phi) is 6.06. The van der Waals surface area contributed by atoms with Crippen LogP contribution in [0.1, 0.15) is 51.6 Å². The van der Waals surface area contributed by atoms with Crippen molar-refractivity contribution in [2.24, 2.45) is 0 Å². The van der Waals surface area contributed by atoms with Crippen LogP contribution in [0, 0.1) is 11.3 Å². The molecule has 5 heteroatoms. The highest BCUT2D eigenvalue weighted by atomic mass is 16.2. The largest absolute Gasteiger partial charge is 0.322 e. The highest BCUT2D eigenvalue weighted by Crippen LogP contribution is 2.18.